The second kappa shape index (κ2) is 23.8. The van der Waals surface area contributed by atoms with E-state index < -0.39 is 53.2 Å². The SMILES string of the molecule is CC(=O)N1CCC2(CC1)CN(C(=O)[C@@H](CCCCNC(=O)OC(C)(C)C)CC(=O)[C@@H](CC(C)C)NC(=O)[C@H](CC(=O)[C@@H](Cc1ccccc1)NC(=O)OC(C)(C)C)Cc1ccccc1)C2. The van der Waals surface area contributed by atoms with Gasteiger partial charge in [0.25, 0.3) is 0 Å². The number of piperidine rings is 1. The van der Waals surface area contributed by atoms with Gasteiger partial charge >= 0.3 is 12.2 Å². The Morgan fingerprint density at radius 2 is 1.18 bits per heavy atom. The average molecular weight is 902 g/mol. The van der Waals surface area contributed by atoms with E-state index in [1.54, 1.807) is 48.5 Å². The Hall–Kier alpha value is -5.27. The molecule has 2 heterocycles. The number of carbonyl (C=O) groups is 7. The number of nitrogens with one attached hydrogen (secondary N) is 3. The Bertz CT molecular complexity index is 1910. The fraction of sp³-hybridized carbons (Fsp3) is 0.627. The fourth-order valence-electron chi connectivity index (χ4n) is 8.63. The number of Topliss-reactive ketones (excluding diaryl/α,β-unsaturated/α-hetero) is 2. The molecule has 0 unspecified atom stereocenters. The smallest absolute Gasteiger partial charge is 0.408 e. The second-order valence-electron chi connectivity index (χ2n) is 20.6. The number of ether oxygens (including phenoxy) is 2. The molecule has 2 aromatic carbocycles. The summed E-state index contributed by atoms with van der Waals surface area (Å²) in [5, 5.41) is 8.56. The van der Waals surface area contributed by atoms with Crippen molar-refractivity contribution in [3.05, 3.63) is 71.8 Å². The molecule has 2 aromatic rings. The van der Waals surface area contributed by atoms with Crippen LogP contribution >= 0.6 is 0 Å². The van der Waals surface area contributed by atoms with E-state index in [1.807, 2.05) is 84.3 Å². The number of carbonyl (C=O) groups excluding carboxylic acids is 7. The van der Waals surface area contributed by atoms with Crippen LogP contribution in [0.4, 0.5) is 9.59 Å². The lowest BCUT2D eigenvalue weighted by atomic mass is 9.71. The predicted octanol–water partition coefficient (Wildman–Crippen LogP) is 7.21. The lowest BCUT2D eigenvalue weighted by Crippen LogP contribution is -2.63. The quantitative estimate of drug-likeness (QED) is 0.109. The summed E-state index contributed by atoms with van der Waals surface area (Å²) in [6.45, 7) is 18.9. The van der Waals surface area contributed by atoms with E-state index in [1.165, 1.54) is 0 Å². The van der Waals surface area contributed by atoms with Crippen molar-refractivity contribution in [3.8, 4) is 0 Å². The Morgan fingerprint density at radius 3 is 1.72 bits per heavy atom. The molecule has 5 amide bonds. The van der Waals surface area contributed by atoms with Crippen LogP contribution in [-0.4, -0.2) is 107 Å². The molecule has 0 aliphatic carbocycles. The van der Waals surface area contributed by atoms with Crippen molar-refractivity contribution in [2.75, 3.05) is 32.7 Å². The average Bonchev–Trinajstić information content (AvgIpc) is 3.20. The summed E-state index contributed by atoms with van der Waals surface area (Å²) in [6, 6.07) is 16.8. The van der Waals surface area contributed by atoms with Crippen molar-refractivity contribution < 1.29 is 43.0 Å². The van der Waals surface area contributed by atoms with Gasteiger partial charge in [-0.1, -0.05) is 80.9 Å². The third kappa shape index (κ3) is 17.9. The van der Waals surface area contributed by atoms with Crippen molar-refractivity contribution >= 4 is 41.5 Å². The normalized spacial score (nSPS) is 16.6. The highest BCUT2D eigenvalue weighted by Crippen LogP contribution is 2.41. The first-order chi connectivity index (χ1) is 30.5. The molecule has 4 rings (SSSR count). The van der Waals surface area contributed by atoms with Gasteiger partial charge in [0.1, 0.15) is 11.2 Å². The van der Waals surface area contributed by atoms with E-state index >= 15 is 0 Å². The Labute approximate surface area is 386 Å². The molecule has 0 aromatic heterocycles. The van der Waals surface area contributed by atoms with Crippen LogP contribution in [0.2, 0.25) is 0 Å². The zero-order chi connectivity index (χ0) is 48.0. The summed E-state index contributed by atoms with van der Waals surface area (Å²) in [7, 11) is 0. The third-order valence-electron chi connectivity index (χ3n) is 12.0. The van der Waals surface area contributed by atoms with Crippen molar-refractivity contribution in [2.24, 2.45) is 23.2 Å². The molecular formula is C51H75N5O9. The summed E-state index contributed by atoms with van der Waals surface area (Å²) < 4.78 is 10.9. The van der Waals surface area contributed by atoms with Gasteiger partial charge in [0.2, 0.25) is 17.7 Å². The maximum Gasteiger partial charge on any atom is 0.408 e. The van der Waals surface area contributed by atoms with Gasteiger partial charge < -0.3 is 35.2 Å². The highest BCUT2D eigenvalue weighted by atomic mass is 16.6. The number of alkyl carbamates (subject to hydrolysis) is 2. The molecule has 65 heavy (non-hydrogen) atoms. The van der Waals surface area contributed by atoms with Crippen molar-refractivity contribution in [1.29, 1.82) is 0 Å². The van der Waals surface area contributed by atoms with E-state index in [4.69, 9.17) is 9.47 Å². The number of likely N-dealkylation sites (tertiary alicyclic amines) is 2. The van der Waals surface area contributed by atoms with Crippen LogP contribution in [0.25, 0.3) is 0 Å². The van der Waals surface area contributed by atoms with Gasteiger partial charge in [-0.25, -0.2) is 9.59 Å². The molecule has 3 N–H and O–H groups in total. The van der Waals surface area contributed by atoms with E-state index in [0.717, 1.165) is 24.0 Å². The van der Waals surface area contributed by atoms with Crippen LogP contribution in [0.1, 0.15) is 125 Å². The van der Waals surface area contributed by atoms with E-state index in [-0.39, 0.29) is 60.4 Å². The number of unbranched alkanes of at least 4 members (excludes halogenated alkanes) is 1. The summed E-state index contributed by atoms with van der Waals surface area (Å²) in [4.78, 5) is 98.5. The maximum absolute atomic E-state index is 14.5. The minimum atomic E-state index is -0.986. The van der Waals surface area contributed by atoms with Crippen molar-refractivity contribution in [2.45, 2.75) is 150 Å². The van der Waals surface area contributed by atoms with Gasteiger partial charge in [0, 0.05) is 69.7 Å². The molecule has 1 spiro atoms. The van der Waals surface area contributed by atoms with Crippen LogP contribution in [0.5, 0.6) is 0 Å². The van der Waals surface area contributed by atoms with Gasteiger partial charge in [-0.3, -0.25) is 24.0 Å². The highest BCUT2D eigenvalue weighted by molar-refractivity contribution is 5.95. The number of benzene rings is 2. The van der Waals surface area contributed by atoms with Crippen molar-refractivity contribution in [1.82, 2.24) is 25.8 Å². The van der Waals surface area contributed by atoms with Crippen LogP contribution in [0.3, 0.4) is 0 Å². The number of ketones is 2. The molecule has 0 radical (unpaired) electrons. The Balaban J connectivity index is 1.52. The molecule has 4 atom stereocenters. The molecular weight excluding hydrogens is 827 g/mol. The zero-order valence-corrected chi connectivity index (χ0v) is 40.3. The molecule has 358 valence electrons. The molecule has 0 saturated carbocycles. The van der Waals surface area contributed by atoms with Gasteiger partial charge in [0.05, 0.1) is 12.1 Å². The number of rotatable bonds is 21. The van der Waals surface area contributed by atoms with Crippen molar-refractivity contribution in [3.63, 3.8) is 0 Å². The molecule has 14 nitrogen and oxygen atoms in total. The number of hydrogen-bond donors (Lipinski definition) is 3. The molecule has 0 bridgehead atoms. The molecule has 2 saturated heterocycles. The first-order valence-electron chi connectivity index (χ1n) is 23.5. The van der Waals surface area contributed by atoms with Crippen LogP contribution < -0.4 is 16.0 Å². The van der Waals surface area contributed by atoms with Gasteiger partial charge in [0.15, 0.2) is 11.6 Å². The van der Waals surface area contributed by atoms with Gasteiger partial charge in [-0.05, 0) is 104 Å². The first kappa shape index (κ1) is 52.4. The monoisotopic (exact) mass is 902 g/mol. The topological polar surface area (TPSA) is 181 Å². The first-order valence-corrected chi connectivity index (χ1v) is 23.5. The van der Waals surface area contributed by atoms with E-state index in [2.05, 4.69) is 16.0 Å². The standard InChI is InChI=1S/C51H75N5O9/c1-35(2)28-41(43(58)31-39(22-16-17-25-52-47(62)64-49(4,5)6)46(61)56-33-51(34-56)23-26-55(27-24-51)36(3)57)53-45(60)40(29-37-18-12-10-13-19-37)32-44(59)42(30-38-20-14-11-15-21-38)54-48(63)65-50(7,8)9/h10-15,18-21,35,39-42H,16-17,22-34H2,1-9H3,(H,52,62)(H,53,60)(H,54,63)/t39-,40-,41+,42+/m0/s1. The molecule has 2 aliphatic heterocycles. The molecule has 2 aliphatic rings. The highest BCUT2D eigenvalue weighted by Gasteiger charge is 2.48. The predicted molar refractivity (Wildman–Crippen MR) is 250 cm³/mol. The fourth-order valence-corrected chi connectivity index (χ4v) is 8.63. The summed E-state index contributed by atoms with van der Waals surface area (Å²) >= 11 is 0. The van der Waals surface area contributed by atoms with Crippen LogP contribution in [0.15, 0.2) is 60.7 Å². The van der Waals surface area contributed by atoms with Crippen LogP contribution in [-0.2, 0) is 46.3 Å². The summed E-state index contributed by atoms with van der Waals surface area (Å²) in [6.07, 6.45) is 2.34. The number of amides is 5. The van der Waals surface area contributed by atoms with Crippen LogP contribution in [0, 0.1) is 23.2 Å². The maximum atomic E-state index is 14.5. The second-order valence-corrected chi connectivity index (χ2v) is 20.6. The van der Waals surface area contributed by atoms with Gasteiger partial charge in [-0.15, -0.1) is 0 Å². The zero-order valence-electron chi connectivity index (χ0n) is 40.3. The molecule has 14 heteroatoms. The Kier molecular flexibility index (Phi) is 19.2. The lowest BCUT2D eigenvalue weighted by molar-refractivity contribution is -0.155. The third-order valence-corrected chi connectivity index (χ3v) is 12.0. The van der Waals surface area contributed by atoms with E-state index in [0.29, 0.717) is 58.4 Å². The molecule has 2 fully saturated rings. The summed E-state index contributed by atoms with van der Waals surface area (Å²) in [5.74, 6) is -2.66. The minimum Gasteiger partial charge on any atom is -0.444 e. The summed E-state index contributed by atoms with van der Waals surface area (Å²) in [5.41, 5.74) is 0.173. The number of hydrogen-bond acceptors (Lipinski definition) is 9. The minimum absolute atomic E-state index is 0.0101. The number of nitrogens with zero attached hydrogens (tertiary/aromatic N) is 2. The van der Waals surface area contributed by atoms with Gasteiger partial charge in [-0.2, -0.15) is 0 Å². The lowest BCUT2D eigenvalue weighted by Gasteiger charge is -2.54. The largest absolute Gasteiger partial charge is 0.444 e. The van der Waals surface area contributed by atoms with E-state index in [9.17, 15) is 33.6 Å². The Morgan fingerprint density at radius 1 is 0.662 bits per heavy atom.